The van der Waals surface area contributed by atoms with E-state index in [1.54, 1.807) is 13.0 Å². The fraction of sp³-hybridized carbons (Fsp3) is 0.538. The van der Waals surface area contributed by atoms with Crippen LogP contribution in [-0.2, 0) is 19.1 Å². The summed E-state index contributed by atoms with van der Waals surface area (Å²) in [7, 11) is 0. The van der Waals surface area contributed by atoms with Crippen molar-refractivity contribution in [3.05, 3.63) is 11.8 Å². The van der Waals surface area contributed by atoms with Crippen LogP contribution >= 0.6 is 11.8 Å². The van der Waals surface area contributed by atoms with Gasteiger partial charge >= 0.3 is 5.97 Å². The second-order valence-electron chi connectivity index (χ2n) is 4.88. The molecule has 2 amide bonds. The van der Waals surface area contributed by atoms with Crippen LogP contribution in [0.4, 0.5) is 5.82 Å². The molecule has 2 heterocycles. The largest absolute Gasteiger partial charge is 0.480 e. The Labute approximate surface area is 136 Å². The number of rotatable bonds is 6. The predicted molar refractivity (Wildman–Crippen MR) is 81.2 cm³/mol. The Morgan fingerprint density at radius 1 is 1.48 bits per heavy atom. The number of ether oxygens (including phenoxy) is 1. The molecule has 1 fully saturated rings. The minimum Gasteiger partial charge on any atom is -0.480 e. The molecule has 1 aromatic heterocycles. The molecule has 1 atom stereocenters. The number of carbonyl (C=O) groups excluding carboxylic acids is 2. The summed E-state index contributed by atoms with van der Waals surface area (Å²) in [5, 5.41) is 15.2. The summed E-state index contributed by atoms with van der Waals surface area (Å²) in [5.41, 5.74) is 0. The summed E-state index contributed by atoms with van der Waals surface area (Å²) in [4.78, 5) is 36.2. The van der Waals surface area contributed by atoms with Crippen LogP contribution in [0.5, 0.6) is 0 Å². The molecule has 1 aliphatic heterocycles. The molecule has 1 aromatic rings. The van der Waals surface area contributed by atoms with E-state index in [1.165, 1.54) is 4.90 Å². The van der Waals surface area contributed by atoms with Crippen molar-refractivity contribution in [1.82, 2.24) is 10.1 Å². The fourth-order valence-corrected chi connectivity index (χ4v) is 2.73. The maximum absolute atomic E-state index is 12.1. The van der Waals surface area contributed by atoms with Crippen molar-refractivity contribution in [2.45, 2.75) is 13.0 Å². The van der Waals surface area contributed by atoms with E-state index in [4.69, 9.17) is 14.4 Å². The highest BCUT2D eigenvalue weighted by Gasteiger charge is 2.32. The zero-order valence-electron chi connectivity index (χ0n) is 12.5. The zero-order valence-corrected chi connectivity index (χ0v) is 13.3. The number of carboxylic acid groups (broad SMARTS) is 1. The van der Waals surface area contributed by atoms with Gasteiger partial charge in [0.1, 0.15) is 5.76 Å². The number of hydrogen-bond acceptors (Lipinski definition) is 7. The third-order valence-corrected chi connectivity index (χ3v) is 4.01. The number of anilines is 1. The first-order chi connectivity index (χ1) is 11.0. The van der Waals surface area contributed by atoms with E-state index in [0.29, 0.717) is 18.2 Å². The lowest BCUT2D eigenvalue weighted by molar-refractivity contribution is -0.157. The van der Waals surface area contributed by atoms with Crippen LogP contribution in [0.1, 0.15) is 5.76 Å². The monoisotopic (exact) mass is 343 g/mol. The normalized spacial score (nSPS) is 17.8. The van der Waals surface area contributed by atoms with Crippen molar-refractivity contribution < 1.29 is 28.8 Å². The fourth-order valence-electron chi connectivity index (χ4n) is 2.02. The topological polar surface area (TPSA) is 122 Å². The Hall–Kier alpha value is -2.07. The lowest BCUT2D eigenvalue weighted by Crippen LogP contribution is -2.53. The van der Waals surface area contributed by atoms with Gasteiger partial charge in [-0.15, -0.1) is 11.8 Å². The summed E-state index contributed by atoms with van der Waals surface area (Å²) in [5.74, 6) is -0.756. The summed E-state index contributed by atoms with van der Waals surface area (Å²) in [6.45, 7) is 2.24. The molecule has 9 nitrogen and oxygen atoms in total. The highest BCUT2D eigenvalue weighted by atomic mass is 32.2. The van der Waals surface area contributed by atoms with Crippen LogP contribution in [0.15, 0.2) is 10.6 Å². The molecule has 23 heavy (non-hydrogen) atoms. The number of thioether (sulfide) groups is 1. The number of carboxylic acids is 1. The van der Waals surface area contributed by atoms with Crippen molar-refractivity contribution in [1.29, 1.82) is 0 Å². The standard InChI is InChI=1S/C13H17N3O6S/c1-8-4-10(15-22-8)14-11(17)6-23-7-12(18)16-2-3-21-5-9(16)13(19)20/h4,9H,2-3,5-7H2,1H3,(H,19,20)(H,14,15,17). The van der Waals surface area contributed by atoms with Crippen LogP contribution in [0.3, 0.4) is 0 Å². The predicted octanol–water partition coefficient (Wildman–Crippen LogP) is -0.0333. The molecule has 0 spiro atoms. The SMILES string of the molecule is Cc1cc(NC(=O)CSCC(=O)N2CCOCC2C(=O)O)no1. The Morgan fingerprint density at radius 3 is 2.91 bits per heavy atom. The molecule has 10 heteroatoms. The minimum atomic E-state index is -1.10. The number of nitrogens with one attached hydrogen (secondary N) is 1. The van der Waals surface area contributed by atoms with Crippen LogP contribution in [-0.4, -0.2) is 70.3 Å². The second kappa shape index (κ2) is 7.97. The minimum absolute atomic E-state index is 0.0161. The van der Waals surface area contributed by atoms with Crippen molar-refractivity contribution in [2.24, 2.45) is 0 Å². The molecule has 0 radical (unpaired) electrons. The van der Waals surface area contributed by atoms with E-state index < -0.39 is 12.0 Å². The third-order valence-electron chi connectivity index (χ3n) is 3.09. The number of morpholine rings is 1. The van der Waals surface area contributed by atoms with Crippen LogP contribution in [0.25, 0.3) is 0 Å². The average Bonchev–Trinajstić information content (AvgIpc) is 2.92. The maximum Gasteiger partial charge on any atom is 0.328 e. The van der Waals surface area contributed by atoms with E-state index in [2.05, 4.69) is 10.5 Å². The molecule has 0 saturated carbocycles. The first-order valence-corrected chi connectivity index (χ1v) is 8.04. The van der Waals surface area contributed by atoms with Crippen LogP contribution < -0.4 is 5.32 Å². The van der Waals surface area contributed by atoms with Crippen molar-refractivity contribution >= 4 is 35.4 Å². The quantitative estimate of drug-likeness (QED) is 0.738. The number of aliphatic carboxylic acids is 1. The molecule has 0 aliphatic carbocycles. The Kier molecular flexibility index (Phi) is 5.99. The van der Waals surface area contributed by atoms with Gasteiger partial charge in [0, 0.05) is 12.6 Å². The van der Waals surface area contributed by atoms with Gasteiger partial charge < -0.3 is 24.6 Å². The van der Waals surface area contributed by atoms with Gasteiger partial charge in [0.05, 0.1) is 24.7 Å². The number of aromatic nitrogens is 1. The Balaban J connectivity index is 1.75. The molecule has 126 valence electrons. The number of nitrogens with zero attached hydrogens (tertiary/aromatic N) is 2. The van der Waals surface area contributed by atoms with Crippen molar-refractivity contribution in [3.63, 3.8) is 0 Å². The summed E-state index contributed by atoms with van der Waals surface area (Å²) in [6, 6.07) is 0.614. The van der Waals surface area contributed by atoms with E-state index >= 15 is 0 Å². The molecule has 1 unspecified atom stereocenters. The molecule has 2 N–H and O–H groups in total. The number of carbonyl (C=O) groups is 3. The van der Waals surface area contributed by atoms with Gasteiger partial charge in [-0.25, -0.2) is 4.79 Å². The summed E-state index contributed by atoms with van der Waals surface area (Å²) >= 11 is 1.11. The molecule has 0 aromatic carbocycles. The third kappa shape index (κ3) is 4.96. The molecular formula is C13H17N3O6S. The van der Waals surface area contributed by atoms with Crippen molar-refractivity contribution in [2.75, 3.05) is 36.6 Å². The van der Waals surface area contributed by atoms with E-state index in [0.717, 1.165) is 11.8 Å². The van der Waals surface area contributed by atoms with Crippen LogP contribution in [0, 0.1) is 6.92 Å². The zero-order chi connectivity index (χ0) is 16.8. The van der Waals surface area contributed by atoms with Gasteiger partial charge in [0.15, 0.2) is 11.9 Å². The number of hydrogen-bond donors (Lipinski definition) is 2. The van der Waals surface area contributed by atoms with Gasteiger partial charge in [-0.05, 0) is 6.92 Å². The lowest BCUT2D eigenvalue weighted by atomic mass is 10.2. The first kappa shape index (κ1) is 17.3. The molecule has 0 bridgehead atoms. The smallest absolute Gasteiger partial charge is 0.328 e. The highest BCUT2D eigenvalue weighted by Crippen LogP contribution is 2.12. The first-order valence-electron chi connectivity index (χ1n) is 6.88. The van der Waals surface area contributed by atoms with E-state index in [1.807, 2.05) is 0 Å². The van der Waals surface area contributed by atoms with E-state index in [-0.39, 0.29) is 36.5 Å². The van der Waals surface area contributed by atoms with E-state index in [9.17, 15) is 14.4 Å². The number of aryl methyl sites for hydroxylation is 1. The Morgan fingerprint density at radius 2 is 2.26 bits per heavy atom. The lowest BCUT2D eigenvalue weighted by Gasteiger charge is -2.32. The second-order valence-corrected chi connectivity index (χ2v) is 5.87. The molecule has 2 rings (SSSR count). The summed E-state index contributed by atoms with van der Waals surface area (Å²) < 4.78 is 9.90. The van der Waals surface area contributed by atoms with Gasteiger partial charge in [-0.2, -0.15) is 0 Å². The number of amides is 2. The van der Waals surface area contributed by atoms with Gasteiger partial charge in [0.25, 0.3) is 0 Å². The molecule has 1 aliphatic rings. The molecule has 1 saturated heterocycles. The van der Waals surface area contributed by atoms with Gasteiger partial charge in [0.2, 0.25) is 11.8 Å². The average molecular weight is 343 g/mol. The Bertz CT molecular complexity index is 590. The van der Waals surface area contributed by atoms with Gasteiger partial charge in [-0.1, -0.05) is 5.16 Å². The maximum atomic E-state index is 12.1. The van der Waals surface area contributed by atoms with Crippen LogP contribution in [0.2, 0.25) is 0 Å². The summed E-state index contributed by atoms with van der Waals surface area (Å²) in [6.07, 6.45) is 0. The van der Waals surface area contributed by atoms with Crippen molar-refractivity contribution in [3.8, 4) is 0 Å². The van der Waals surface area contributed by atoms with Gasteiger partial charge in [-0.3, -0.25) is 9.59 Å². The highest BCUT2D eigenvalue weighted by molar-refractivity contribution is 8.00. The molecular weight excluding hydrogens is 326 g/mol.